The molecule has 0 atom stereocenters. The first-order valence-electron chi connectivity index (χ1n) is 8.05. The monoisotopic (exact) mass is 364 g/mol. The molecule has 0 N–H and O–H groups in total. The van der Waals surface area contributed by atoms with Gasteiger partial charge in [-0.3, -0.25) is 14.6 Å². The summed E-state index contributed by atoms with van der Waals surface area (Å²) in [5, 5.41) is 4.31. The summed E-state index contributed by atoms with van der Waals surface area (Å²) in [6.07, 6.45) is 3.18. The van der Waals surface area contributed by atoms with E-state index in [1.165, 1.54) is 12.1 Å². The third kappa shape index (κ3) is 3.17. The van der Waals surface area contributed by atoms with Gasteiger partial charge < -0.3 is 9.36 Å². The molecule has 0 unspecified atom stereocenters. The number of hydroxylamine groups is 2. The molecule has 0 aliphatic carbocycles. The molecule has 9 nitrogen and oxygen atoms in total. The summed E-state index contributed by atoms with van der Waals surface area (Å²) in [6.45, 7) is 0. The lowest BCUT2D eigenvalue weighted by atomic mass is 10.1. The Labute approximate surface area is 152 Å². The summed E-state index contributed by atoms with van der Waals surface area (Å²) in [7, 11) is 0. The van der Waals surface area contributed by atoms with Gasteiger partial charge in [0, 0.05) is 24.4 Å². The Morgan fingerprint density at radius 2 is 1.70 bits per heavy atom. The van der Waals surface area contributed by atoms with Crippen molar-refractivity contribution in [1.29, 1.82) is 0 Å². The normalized spacial score (nSPS) is 13.0. The van der Waals surface area contributed by atoms with Gasteiger partial charge in [0.15, 0.2) is 0 Å². The highest BCUT2D eigenvalue weighted by atomic mass is 16.7. The van der Waals surface area contributed by atoms with Crippen LogP contribution in [0.15, 0.2) is 53.3 Å². The van der Waals surface area contributed by atoms with E-state index >= 15 is 0 Å². The predicted octanol–water partition coefficient (Wildman–Crippen LogP) is 1.82. The highest BCUT2D eigenvalue weighted by Gasteiger charge is 2.38. The number of aromatic nitrogens is 3. The first-order chi connectivity index (χ1) is 13.1. The maximum absolute atomic E-state index is 12.2. The summed E-state index contributed by atoms with van der Waals surface area (Å²) in [6, 6.07) is 9.72. The zero-order valence-corrected chi connectivity index (χ0v) is 13.9. The number of amides is 2. The number of carbonyl (C=O) groups is 3. The fourth-order valence-corrected chi connectivity index (χ4v) is 2.58. The summed E-state index contributed by atoms with van der Waals surface area (Å²) in [5.41, 5.74) is 1.14. The molecule has 1 aromatic carbocycles. The summed E-state index contributed by atoms with van der Waals surface area (Å²) in [4.78, 5) is 49.4. The van der Waals surface area contributed by atoms with E-state index in [4.69, 9.17) is 9.36 Å². The topological polar surface area (TPSA) is 115 Å². The Bertz CT molecular complexity index is 996. The van der Waals surface area contributed by atoms with E-state index in [2.05, 4.69) is 15.1 Å². The van der Waals surface area contributed by atoms with Crippen molar-refractivity contribution in [2.24, 2.45) is 0 Å². The lowest BCUT2D eigenvalue weighted by Crippen LogP contribution is -2.32. The molecule has 2 aromatic heterocycles. The van der Waals surface area contributed by atoms with Crippen molar-refractivity contribution >= 4 is 17.8 Å². The minimum absolute atomic E-state index is 0.111. The lowest BCUT2D eigenvalue weighted by Gasteiger charge is -2.12. The molecule has 27 heavy (non-hydrogen) atoms. The minimum Gasteiger partial charge on any atom is -0.339 e. The highest BCUT2D eigenvalue weighted by molar-refractivity contribution is 6.20. The molecule has 2 amide bonds. The second-order valence-electron chi connectivity index (χ2n) is 5.66. The molecular weight excluding hydrogens is 352 g/mol. The molecule has 0 spiro atoms. The number of benzene rings is 1. The number of rotatable bonds is 5. The highest BCUT2D eigenvalue weighted by Crippen LogP contribution is 2.23. The molecule has 1 aliphatic heterocycles. The largest absolute Gasteiger partial charge is 0.339 e. The van der Waals surface area contributed by atoms with Gasteiger partial charge in [-0.25, -0.2) is 4.79 Å². The molecule has 1 aliphatic rings. The van der Waals surface area contributed by atoms with Gasteiger partial charge in [-0.1, -0.05) is 22.4 Å². The molecule has 0 fully saturated rings. The van der Waals surface area contributed by atoms with Crippen LogP contribution in [0, 0.1) is 0 Å². The first kappa shape index (κ1) is 16.6. The Kier molecular flexibility index (Phi) is 4.17. The summed E-state index contributed by atoms with van der Waals surface area (Å²) >= 11 is 0. The Hall–Kier alpha value is -3.88. The van der Waals surface area contributed by atoms with Crippen LogP contribution in [0.2, 0.25) is 0 Å². The SMILES string of the molecule is O=C(CCc1nc(-c2ccncc2)no1)ON1C(=O)c2ccccc2C1=O. The maximum Gasteiger partial charge on any atom is 0.333 e. The first-order valence-corrected chi connectivity index (χ1v) is 8.05. The van der Waals surface area contributed by atoms with Crippen molar-refractivity contribution in [2.75, 3.05) is 0 Å². The molecule has 0 saturated carbocycles. The van der Waals surface area contributed by atoms with Gasteiger partial charge in [-0.15, -0.1) is 0 Å². The van der Waals surface area contributed by atoms with E-state index in [1.54, 1.807) is 36.7 Å². The molecule has 134 valence electrons. The molecular formula is C18H12N4O5. The molecule has 0 bridgehead atoms. The number of nitrogens with zero attached hydrogens (tertiary/aromatic N) is 4. The number of aryl methyl sites for hydroxylation is 1. The fourth-order valence-electron chi connectivity index (χ4n) is 2.58. The zero-order chi connectivity index (χ0) is 18.8. The Balaban J connectivity index is 1.37. The van der Waals surface area contributed by atoms with Gasteiger partial charge in [0.05, 0.1) is 17.5 Å². The van der Waals surface area contributed by atoms with Crippen LogP contribution in [0.4, 0.5) is 0 Å². The van der Waals surface area contributed by atoms with Crippen molar-refractivity contribution in [3.05, 3.63) is 65.8 Å². The van der Waals surface area contributed by atoms with Crippen molar-refractivity contribution in [3.63, 3.8) is 0 Å². The Morgan fingerprint density at radius 3 is 2.37 bits per heavy atom. The second-order valence-corrected chi connectivity index (χ2v) is 5.66. The van der Waals surface area contributed by atoms with Crippen molar-refractivity contribution in [2.45, 2.75) is 12.8 Å². The smallest absolute Gasteiger partial charge is 0.333 e. The third-order valence-electron chi connectivity index (χ3n) is 3.90. The summed E-state index contributed by atoms with van der Waals surface area (Å²) < 4.78 is 5.10. The molecule has 4 rings (SSSR count). The fraction of sp³-hybridized carbons (Fsp3) is 0.111. The molecule has 3 heterocycles. The van der Waals surface area contributed by atoms with Crippen LogP contribution in [-0.2, 0) is 16.1 Å². The number of fused-ring (bicyclic) bond motifs is 1. The van der Waals surface area contributed by atoms with Crippen molar-refractivity contribution in [3.8, 4) is 11.4 Å². The van der Waals surface area contributed by atoms with Crippen molar-refractivity contribution < 1.29 is 23.7 Å². The summed E-state index contributed by atoms with van der Waals surface area (Å²) in [5.74, 6) is -1.47. The average Bonchev–Trinajstić information content (AvgIpc) is 3.27. The standard InChI is InChI=1S/C18H12N4O5/c23-15(27-22-17(24)12-3-1-2-4-13(12)18(22)25)6-5-14-20-16(21-26-14)11-7-9-19-10-8-11/h1-4,7-10H,5-6H2. The van der Waals surface area contributed by atoms with Crippen LogP contribution in [0.3, 0.4) is 0 Å². The Morgan fingerprint density at radius 1 is 1.04 bits per heavy atom. The van der Waals surface area contributed by atoms with E-state index in [0.717, 1.165) is 5.56 Å². The van der Waals surface area contributed by atoms with Gasteiger partial charge in [0.25, 0.3) is 11.8 Å². The van der Waals surface area contributed by atoms with Gasteiger partial charge in [-0.2, -0.15) is 4.98 Å². The van der Waals surface area contributed by atoms with E-state index in [1.807, 2.05) is 0 Å². The van der Waals surface area contributed by atoms with Crippen LogP contribution in [0.5, 0.6) is 0 Å². The average molecular weight is 364 g/mol. The number of carbonyl (C=O) groups excluding carboxylic acids is 3. The van der Waals surface area contributed by atoms with Crippen LogP contribution in [-0.4, -0.2) is 38.0 Å². The quantitative estimate of drug-likeness (QED) is 0.630. The number of hydrogen-bond acceptors (Lipinski definition) is 8. The predicted molar refractivity (Wildman–Crippen MR) is 88.9 cm³/mol. The second kappa shape index (κ2) is 6.79. The van der Waals surface area contributed by atoms with Gasteiger partial charge in [0.1, 0.15) is 0 Å². The molecule has 0 saturated heterocycles. The van der Waals surface area contributed by atoms with E-state index in [0.29, 0.717) is 10.9 Å². The van der Waals surface area contributed by atoms with E-state index in [-0.39, 0.29) is 29.9 Å². The van der Waals surface area contributed by atoms with E-state index < -0.39 is 17.8 Å². The molecule has 9 heteroatoms. The molecule has 0 radical (unpaired) electrons. The zero-order valence-electron chi connectivity index (χ0n) is 13.9. The maximum atomic E-state index is 12.2. The van der Waals surface area contributed by atoms with Crippen LogP contribution >= 0.6 is 0 Å². The van der Waals surface area contributed by atoms with Gasteiger partial charge in [-0.05, 0) is 24.3 Å². The van der Waals surface area contributed by atoms with E-state index in [9.17, 15) is 14.4 Å². The molecule has 3 aromatic rings. The lowest BCUT2D eigenvalue weighted by molar-refractivity contribution is -0.168. The van der Waals surface area contributed by atoms with Gasteiger partial charge >= 0.3 is 5.97 Å². The van der Waals surface area contributed by atoms with Crippen molar-refractivity contribution in [1.82, 2.24) is 20.2 Å². The van der Waals surface area contributed by atoms with Crippen LogP contribution in [0.1, 0.15) is 33.0 Å². The van der Waals surface area contributed by atoms with Gasteiger partial charge in [0.2, 0.25) is 11.7 Å². The van der Waals surface area contributed by atoms with Crippen LogP contribution < -0.4 is 0 Å². The van der Waals surface area contributed by atoms with Crippen LogP contribution in [0.25, 0.3) is 11.4 Å². The minimum atomic E-state index is -0.756. The third-order valence-corrected chi connectivity index (χ3v) is 3.90. The number of imide groups is 1. The number of hydrogen-bond donors (Lipinski definition) is 0. The number of pyridine rings is 1.